The van der Waals surface area contributed by atoms with Gasteiger partial charge in [-0.15, -0.1) is 0 Å². The molecule has 0 bridgehead atoms. The quantitative estimate of drug-likeness (QED) is 0.518. The average Bonchev–Trinajstić information content (AvgIpc) is 3.00. The van der Waals surface area contributed by atoms with Crippen molar-refractivity contribution in [2.45, 2.75) is 13.5 Å². The van der Waals surface area contributed by atoms with Gasteiger partial charge in [0.1, 0.15) is 5.69 Å². The van der Waals surface area contributed by atoms with E-state index in [0.717, 1.165) is 5.56 Å². The second-order valence-corrected chi connectivity index (χ2v) is 5.09. The van der Waals surface area contributed by atoms with Crippen molar-refractivity contribution in [3.63, 3.8) is 0 Å². The standard InChI is InChI=1S/C16H14N2O5/c1-10(19)12-3-4-13(14(7-12)18(20)21)17-8-11-2-5-15-16(6-11)23-9-22-15/h2-7,17H,8-9H2,1H3. The van der Waals surface area contributed by atoms with Gasteiger partial charge in [0.05, 0.1) is 4.92 Å². The van der Waals surface area contributed by atoms with Gasteiger partial charge in [-0.3, -0.25) is 14.9 Å². The Balaban J connectivity index is 1.80. The Morgan fingerprint density at radius 3 is 2.74 bits per heavy atom. The highest BCUT2D eigenvalue weighted by Gasteiger charge is 2.17. The largest absolute Gasteiger partial charge is 0.454 e. The number of rotatable bonds is 5. The summed E-state index contributed by atoms with van der Waals surface area (Å²) in [6.07, 6.45) is 0. The zero-order valence-corrected chi connectivity index (χ0v) is 12.4. The zero-order chi connectivity index (χ0) is 16.4. The first-order valence-corrected chi connectivity index (χ1v) is 6.96. The zero-order valence-electron chi connectivity index (χ0n) is 12.4. The van der Waals surface area contributed by atoms with Gasteiger partial charge in [0, 0.05) is 18.2 Å². The summed E-state index contributed by atoms with van der Waals surface area (Å²) < 4.78 is 10.5. The van der Waals surface area contributed by atoms with Crippen LogP contribution in [0.3, 0.4) is 0 Å². The minimum absolute atomic E-state index is 0.126. The van der Waals surface area contributed by atoms with Crippen molar-refractivity contribution in [1.29, 1.82) is 0 Å². The van der Waals surface area contributed by atoms with Gasteiger partial charge in [-0.05, 0) is 36.8 Å². The van der Waals surface area contributed by atoms with Crippen LogP contribution in [0.2, 0.25) is 0 Å². The SMILES string of the molecule is CC(=O)c1ccc(NCc2ccc3c(c2)OCO3)c([N+](=O)[O-])c1. The van der Waals surface area contributed by atoms with E-state index in [9.17, 15) is 14.9 Å². The molecule has 0 aromatic heterocycles. The van der Waals surface area contributed by atoms with E-state index in [1.54, 1.807) is 18.2 Å². The molecule has 0 aliphatic carbocycles. The summed E-state index contributed by atoms with van der Waals surface area (Å²) in [5.41, 5.74) is 1.45. The maximum atomic E-state index is 11.4. The van der Waals surface area contributed by atoms with Crippen LogP contribution in [0.4, 0.5) is 11.4 Å². The van der Waals surface area contributed by atoms with Crippen LogP contribution < -0.4 is 14.8 Å². The summed E-state index contributed by atoms with van der Waals surface area (Å²) in [6.45, 7) is 1.96. The van der Waals surface area contributed by atoms with Gasteiger partial charge in [-0.2, -0.15) is 0 Å². The van der Waals surface area contributed by atoms with E-state index in [1.807, 2.05) is 12.1 Å². The fourth-order valence-corrected chi connectivity index (χ4v) is 2.30. The molecule has 0 fully saturated rings. The number of nitro groups is 1. The molecule has 1 aliphatic heterocycles. The monoisotopic (exact) mass is 314 g/mol. The van der Waals surface area contributed by atoms with Crippen LogP contribution in [-0.2, 0) is 6.54 Å². The maximum absolute atomic E-state index is 11.4. The third-order valence-electron chi connectivity index (χ3n) is 3.52. The Morgan fingerprint density at radius 1 is 1.22 bits per heavy atom. The molecule has 0 saturated carbocycles. The first-order chi connectivity index (χ1) is 11.0. The Morgan fingerprint density at radius 2 is 2.00 bits per heavy atom. The van der Waals surface area contributed by atoms with E-state index in [2.05, 4.69) is 5.32 Å². The molecule has 0 radical (unpaired) electrons. The third-order valence-corrected chi connectivity index (χ3v) is 3.52. The van der Waals surface area contributed by atoms with E-state index in [4.69, 9.17) is 9.47 Å². The molecule has 0 spiro atoms. The molecule has 0 atom stereocenters. The molecule has 2 aromatic rings. The van der Waals surface area contributed by atoms with Crippen molar-refractivity contribution in [2.24, 2.45) is 0 Å². The summed E-state index contributed by atoms with van der Waals surface area (Å²) in [4.78, 5) is 22.0. The highest BCUT2D eigenvalue weighted by molar-refractivity contribution is 5.95. The number of nitro benzene ring substituents is 1. The number of carbonyl (C=O) groups excluding carboxylic acids is 1. The Kier molecular flexibility index (Phi) is 3.84. The number of anilines is 1. The molecule has 118 valence electrons. The van der Waals surface area contributed by atoms with Crippen molar-refractivity contribution < 1.29 is 19.2 Å². The van der Waals surface area contributed by atoms with E-state index in [1.165, 1.54) is 13.0 Å². The van der Waals surface area contributed by atoms with E-state index >= 15 is 0 Å². The number of Topliss-reactive ketones (excluding diaryl/α,β-unsaturated/α-hetero) is 1. The summed E-state index contributed by atoms with van der Waals surface area (Å²) in [5, 5.41) is 14.2. The molecule has 1 heterocycles. The van der Waals surface area contributed by atoms with Crippen LogP contribution in [-0.4, -0.2) is 17.5 Å². The molecule has 1 aliphatic rings. The molecule has 3 rings (SSSR count). The van der Waals surface area contributed by atoms with Gasteiger partial charge in [0.25, 0.3) is 5.69 Å². The highest BCUT2D eigenvalue weighted by atomic mass is 16.7. The number of nitrogens with one attached hydrogen (secondary N) is 1. The van der Waals surface area contributed by atoms with Crippen LogP contribution in [0.15, 0.2) is 36.4 Å². The molecule has 0 saturated heterocycles. The number of benzene rings is 2. The summed E-state index contributed by atoms with van der Waals surface area (Å²) in [6, 6.07) is 9.87. The number of hydrogen-bond donors (Lipinski definition) is 1. The second kappa shape index (κ2) is 5.96. The van der Waals surface area contributed by atoms with Crippen LogP contribution in [0.1, 0.15) is 22.8 Å². The van der Waals surface area contributed by atoms with Crippen molar-refractivity contribution in [3.05, 3.63) is 57.6 Å². The normalized spacial score (nSPS) is 12.0. The Labute approximate surface area is 132 Å². The average molecular weight is 314 g/mol. The molecule has 0 unspecified atom stereocenters. The van der Waals surface area contributed by atoms with Crippen molar-refractivity contribution in [2.75, 3.05) is 12.1 Å². The maximum Gasteiger partial charge on any atom is 0.293 e. The summed E-state index contributed by atoms with van der Waals surface area (Å²) >= 11 is 0. The summed E-state index contributed by atoms with van der Waals surface area (Å²) in [5.74, 6) is 1.13. The van der Waals surface area contributed by atoms with Crippen LogP contribution in [0.5, 0.6) is 11.5 Å². The lowest BCUT2D eigenvalue weighted by Gasteiger charge is -2.09. The third kappa shape index (κ3) is 3.08. The first kappa shape index (κ1) is 14.8. The lowest BCUT2D eigenvalue weighted by molar-refractivity contribution is -0.384. The minimum atomic E-state index is -0.506. The van der Waals surface area contributed by atoms with Crippen molar-refractivity contribution in [1.82, 2.24) is 0 Å². The second-order valence-electron chi connectivity index (χ2n) is 5.09. The van der Waals surface area contributed by atoms with E-state index < -0.39 is 4.92 Å². The van der Waals surface area contributed by atoms with Crippen LogP contribution in [0.25, 0.3) is 0 Å². The predicted molar refractivity (Wildman–Crippen MR) is 83.0 cm³/mol. The Bertz CT molecular complexity index is 788. The number of hydrogen-bond acceptors (Lipinski definition) is 6. The van der Waals surface area contributed by atoms with Gasteiger partial charge in [0.2, 0.25) is 6.79 Å². The number of nitrogens with zero attached hydrogens (tertiary/aromatic N) is 1. The number of fused-ring (bicyclic) bond motifs is 1. The van der Waals surface area contributed by atoms with E-state index in [-0.39, 0.29) is 18.3 Å². The molecular weight excluding hydrogens is 300 g/mol. The van der Waals surface area contributed by atoms with E-state index in [0.29, 0.717) is 29.3 Å². The van der Waals surface area contributed by atoms with Crippen molar-refractivity contribution in [3.8, 4) is 11.5 Å². The number of carbonyl (C=O) groups is 1. The summed E-state index contributed by atoms with van der Waals surface area (Å²) in [7, 11) is 0. The van der Waals surface area contributed by atoms with Crippen LogP contribution in [0, 0.1) is 10.1 Å². The molecule has 7 heteroatoms. The molecule has 23 heavy (non-hydrogen) atoms. The molecule has 1 N–H and O–H groups in total. The smallest absolute Gasteiger partial charge is 0.293 e. The first-order valence-electron chi connectivity index (χ1n) is 6.96. The van der Waals surface area contributed by atoms with Gasteiger partial charge in [-0.25, -0.2) is 0 Å². The lowest BCUT2D eigenvalue weighted by atomic mass is 10.1. The van der Waals surface area contributed by atoms with Crippen LogP contribution >= 0.6 is 0 Å². The highest BCUT2D eigenvalue weighted by Crippen LogP contribution is 2.33. The molecule has 0 amide bonds. The predicted octanol–water partition coefficient (Wildman–Crippen LogP) is 3.14. The molecule has 2 aromatic carbocycles. The molecular formula is C16H14N2O5. The topological polar surface area (TPSA) is 90.7 Å². The minimum Gasteiger partial charge on any atom is -0.454 e. The lowest BCUT2D eigenvalue weighted by Crippen LogP contribution is -2.04. The fourth-order valence-electron chi connectivity index (χ4n) is 2.30. The van der Waals surface area contributed by atoms with Gasteiger partial charge in [-0.1, -0.05) is 6.07 Å². The van der Waals surface area contributed by atoms with Gasteiger partial charge >= 0.3 is 0 Å². The number of ketones is 1. The number of ether oxygens (including phenoxy) is 2. The molecule has 7 nitrogen and oxygen atoms in total. The Hall–Kier alpha value is -3.09. The fraction of sp³-hybridized carbons (Fsp3) is 0.188. The van der Waals surface area contributed by atoms with Crippen molar-refractivity contribution >= 4 is 17.2 Å². The van der Waals surface area contributed by atoms with Gasteiger partial charge in [0.15, 0.2) is 17.3 Å². The van der Waals surface area contributed by atoms with Gasteiger partial charge < -0.3 is 14.8 Å².